The monoisotopic (exact) mass is 393 g/mol. The molecule has 0 radical (unpaired) electrons. The standard InChI is InChI=1S/C22H23N3O4/c1-14-9-10-16-17(12-14)22(29)25(21(16)28)11-5-8-19(26)24-18-7-4-3-6-15(18)13-20(27)23-2/h3-4,6-7,9-10,12H,5,8,11,13H2,1-2H3,(H,23,27)(H,24,26). The van der Waals surface area contributed by atoms with Gasteiger partial charge in [0.05, 0.1) is 17.5 Å². The van der Waals surface area contributed by atoms with Crippen LogP contribution < -0.4 is 10.6 Å². The van der Waals surface area contributed by atoms with Gasteiger partial charge in [-0.1, -0.05) is 29.8 Å². The number of hydrogen-bond donors (Lipinski definition) is 2. The van der Waals surface area contributed by atoms with Gasteiger partial charge in [0.15, 0.2) is 0 Å². The molecule has 0 aliphatic carbocycles. The van der Waals surface area contributed by atoms with Crippen molar-refractivity contribution in [3.05, 3.63) is 64.7 Å². The van der Waals surface area contributed by atoms with E-state index in [9.17, 15) is 19.2 Å². The molecule has 7 heteroatoms. The Kier molecular flexibility index (Phi) is 6.07. The summed E-state index contributed by atoms with van der Waals surface area (Å²) >= 11 is 0. The third kappa shape index (κ3) is 4.51. The lowest BCUT2D eigenvalue weighted by atomic mass is 10.1. The minimum Gasteiger partial charge on any atom is -0.359 e. The van der Waals surface area contributed by atoms with Crippen LogP contribution in [0.3, 0.4) is 0 Å². The number of anilines is 1. The molecule has 0 unspecified atom stereocenters. The molecule has 0 saturated carbocycles. The lowest BCUT2D eigenvalue weighted by Gasteiger charge is -2.14. The van der Waals surface area contributed by atoms with E-state index in [0.29, 0.717) is 23.2 Å². The molecule has 2 aromatic carbocycles. The molecule has 2 N–H and O–H groups in total. The SMILES string of the molecule is CNC(=O)Cc1ccccc1NC(=O)CCCN1C(=O)c2ccc(C)cc2C1=O. The minimum absolute atomic E-state index is 0.146. The Morgan fingerprint density at radius 2 is 1.69 bits per heavy atom. The van der Waals surface area contributed by atoms with Gasteiger partial charge < -0.3 is 10.6 Å². The molecule has 3 rings (SSSR count). The highest BCUT2D eigenvalue weighted by Gasteiger charge is 2.34. The number of aryl methyl sites for hydroxylation is 1. The Balaban J connectivity index is 1.56. The van der Waals surface area contributed by atoms with Crippen LogP contribution in [0.5, 0.6) is 0 Å². The topological polar surface area (TPSA) is 95.6 Å². The Hall–Kier alpha value is -3.48. The zero-order valence-corrected chi connectivity index (χ0v) is 16.5. The van der Waals surface area contributed by atoms with Gasteiger partial charge in [-0.25, -0.2) is 0 Å². The average molecular weight is 393 g/mol. The third-order valence-corrected chi connectivity index (χ3v) is 4.83. The molecule has 1 heterocycles. The molecular formula is C22H23N3O4. The van der Waals surface area contributed by atoms with E-state index >= 15 is 0 Å². The molecule has 2 aromatic rings. The summed E-state index contributed by atoms with van der Waals surface area (Å²) in [7, 11) is 1.56. The van der Waals surface area contributed by atoms with Crippen LogP contribution in [0.1, 0.15) is 44.7 Å². The number of amides is 4. The van der Waals surface area contributed by atoms with E-state index in [0.717, 1.165) is 11.1 Å². The van der Waals surface area contributed by atoms with Crippen LogP contribution in [0.2, 0.25) is 0 Å². The van der Waals surface area contributed by atoms with Crippen LogP contribution >= 0.6 is 0 Å². The number of imide groups is 1. The Morgan fingerprint density at radius 3 is 2.45 bits per heavy atom. The van der Waals surface area contributed by atoms with Crippen LogP contribution in [0.25, 0.3) is 0 Å². The van der Waals surface area contributed by atoms with Crippen LogP contribution in [-0.2, 0) is 16.0 Å². The summed E-state index contributed by atoms with van der Waals surface area (Å²) in [6.07, 6.45) is 0.677. The van der Waals surface area contributed by atoms with E-state index in [-0.39, 0.29) is 43.0 Å². The smallest absolute Gasteiger partial charge is 0.261 e. The fourth-order valence-corrected chi connectivity index (χ4v) is 3.28. The van der Waals surface area contributed by atoms with E-state index in [1.165, 1.54) is 4.90 Å². The van der Waals surface area contributed by atoms with Gasteiger partial charge in [0.1, 0.15) is 0 Å². The number of nitrogens with one attached hydrogen (secondary N) is 2. The number of carbonyl (C=O) groups is 4. The van der Waals surface area contributed by atoms with E-state index in [1.807, 2.05) is 6.92 Å². The quantitative estimate of drug-likeness (QED) is 0.706. The lowest BCUT2D eigenvalue weighted by molar-refractivity contribution is -0.120. The summed E-state index contributed by atoms with van der Waals surface area (Å²) in [6, 6.07) is 12.3. The number of likely N-dealkylation sites (N-methyl/N-ethyl adjacent to an activating group) is 1. The maximum Gasteiger partial charge on any atom is 0.261 e. The van der Waals surface area contributed by atoms with E-state index < -0.39 is 0 Å². The first-order valence-corrected chi connectivity index (χ1v) is 9.46. The summed E-state index contributed by atoms with van der Waals surface area (Å²) in [5, 5.41) is 5.36. The molecule has 0 atom stereocenters. The van der Waals surface area contributed by atoms with Gasteiger partial charge in [-0.05, 0) is 37.1 Å². The van der Waals surface area contributed by atoms with Gasteiger partial charge in [0.25, 0.3) is 11.8 Å². The van der Waals surface area contributed by atoms with Crippen molar-refractivity contribution >= 4 is 29.3 Å². The molecular weight excluding hydrogens is 370 g/mol. The van der Waals surface area contributed by atoms with Gasteiger partial charge in [0.2, 0.25) is 11.8 Å². The Morgan fingerprint density at radius 1 is 0.966 bits per heavy atom. The molecule has 0 saturated heterocycles. The van der Waals surface area contributed by atoms with Crippen LogP contribution in [0.4, 0.5) is 5.69 Å². The van der Waals surface area contributed by atoms with Crippen LogP contribution in [-0.4, -0.2) is 42.1 Å². The van der Waals surface area contributed by atoms with Crippen LogP contribution in [0.15, 0.2) is 42.5 Å². The van der Waals surface area contributed by atoms with Crippen molar-refractivity contribution in [1.29, 1.82) is 0 Å². The Labute approximate surface area is 169 Å². The first kappa shape index (κ1) is 20.3. The second-order valence-corrected chi connectivity index (χ2v) is 6.97. The summed E-state index contributed by atoms with van der Waals surface area (Å²) in [4.78, 5) is 50.0. The predicted molar refractivity (Wildman–Crippen MR) is 109 cm³/mol. The molecule has 0 fully saturated rings. The number of hydrogen-bond acceptors (Lipinski definition) is 4. The van der Waals surface area contributed by atoms with Gasteiger partial charge >= 0.3 is 0 Å². The van der Waals surface area contributed by atoms with Gasteiger partial charge in [-0.15, -0.1) is 0 Å². The largest absolute Gasteiger partial charge is 0.359 e. The number of fused-ring (bicyclic) bond motifs is 1. The first-order valence-electron chi connectivity index (χ1n) is 9.46. The van der Waals surface area contributed by atoms with Gasteiger partial charge in [0, 0.05) is 25.7 Å². The second kappa shape index (κ2) is 8.68. The third-order valence-electron chi connectivity index (χ3n) is 4.83. The number of para-hydroxylation sites is 1. The van der Waals surface area contributed by atoms with Crippen molar-refractivity contribution in [1.82, 2.24) is 10.2 Å². The highest BCUT2D eigenvalue weighted by atomic mass is 16.2. The molecule has 1 aliphatic rings. The fourth-order valence-electron chi connectivity index (χ4n) is 3.28. The molecule has 0 spiro atoms. The van der Waals surface area contributed by atoms with Crippen molar-refractivity contribution in [2.45, 2.75) is 26.2 Å². The van der Waals surface area contributed by atoms with Crippen molar-refractivity contribution in [3.8, 4) is 0 Å². The molecule has 29 heavy (non-hydrogen) atoms. The molecule has 150 valence electrons. The Bertz CT molecular complexity index is 984. The van der Waals surface area contributed by atoms with E-state index in [1.54, 1.807) is 49.5 Å². The van der Waals surface area contributed by atoms with E-state index in [4.69, 9.17) is 0 Å². The second-order valence-electron chi connectivity index (χ2n) is 6.97. The number of benzene rings is 2. The number of carbonyl (C=O) groups excluding carboxylic acids is 4. The fraction of sp³-hybridized carbons (Fsp3) is 0.273. The van der Waals surface area contributed by atoms with Crippen molar-refractivity contribution in [2.75, 3.05) is 18.9 Å². The maximum atomic E-state index is 12.5. The summed E-state index contributed by atoms with van der Waals surface area (Å²) in [5.41, 5.74) is 3.05. The molecule has 0 aromatic heterocycles. The van der Waals surface area contributed by atoms with Crippen molar-refractivity contribution in [2.24, 2.45) is 0 Å². The highest BCUT2D eigenvalue weighted by Crippen LogP contribution is 2.24. The summed E-state index contributed by atoms with van der Waals surface area (Å²) in [5.74, 6) is -1.01. The average Bonchev–Trinajstić information content (AvgIpc) is 2.93. The van der Waals surface area contributed by atoms with E-state index in [2.05, 4.69) is 10.6 Å². The molecule has 4 amide bonds. The first-order chi connectivity index (χ1) is 13.9. The highest BCUT2D eigenvalue weighted by molar-refractivity contribution is 6.21. The lowest BCUT2D eigenvalue weighted by Crippen LogP contribution is -2.31. The zero-order valence-electron chi connectivity index (χ0n) is 16.5. The summed E-state index contributed by atoms with van der Waals surface area (Å²) in [6.45, 7) is 2.05. The normalized spacial score (nSPS) is 12.7. The summed E-state index contributed by atoms with van der Waals surface area (Å²) < 4.78 is 0. The number of rotatable bonds is 7. The zero-order chi connectivity index (χ0) is 21.0. The molecule has 0 bridgehead atoms. The number of nitrogens with zero attached hydrogens (tertiary/aromatic N) is 1. The predicted octanol–water partition coefficient (Wildman–Crippen LogP) is 2.30. The van der Waals surface area contributed by atoms with Gasteiger partial charge in [-0.3, -0.25) is 24.1 Å². The van der Waals surface area contributed by atoms with Gasteiger partial charge in [-0.2, -0.15) is 0 Å². The molecule has 7 nitrogen and oxygen atoms in total. The molecule has 1 aliphatic heterocycles. The van der Waals surface area contributed by atoms with Crippen molar-refractivity contribution < 1.29 is 19.2 Å². The van der Waals surface area contributed by atoms with Crippen molar-refractivity contribution in [3.63, 3.8) is 0 Å². The van der Waals surface area contributed by atoms with Crippen LogP contribution in [0, 0.1) is 6.92 Å². The maximum absolute atomic E-state index is 12.5. The minimum atomic E-state index is -0.318.